The number of pyridine rings is 1. The molecule has 0 aliphatic carbocycles. The molecule has 1 aromatic carbocycles. The Labute approximate surface area is 132 Å². The van der Waals surface area contributed by atoms with E-state index in [2.05, 4.69) is 26.2 Å². The van der Waals surface area contributed by atoms with Crippen LogP contribution in [0.4, 0.5) is 5.69 Å². The molecule has 0 saturated carbocycles. The number of hydrogen-bond acceptors (Lipinski definition) is 4. The average molecular weight is 349 g/mol. The van der Waals surface area contributed by atoms with Gasteiger partial charge in [0, 0.05) is 28.1 Å². The Morgan fingerprint density at radius 1 is 1.38 bits per heavy atom. The van der Waals surface area contributed by atoms with Gasteiger partial charge in [0.15, 0.2) is 6.04 Å². The summed E-state index contributed by atoms with van der Waals surface area (Å²) in [6, 6.07) is 9.13. The van der Waals surface area contributed by atoms with Crippen molar-refractivity contribution in [3.63, 3.8) is 0 Å². The number of aromatic nitrogens is 1. The highest BCUT2D eigenvalue weighted by molar-refractivity contribution is 9.10. The topological polar surface area (TPSA) is 51.2 Å². The van der Waals surface area contributed by atoms with E-state index in [-0.39, 0.29) is 5.97 Å². The van der Waals surface area contributed by atoms with Crippen LogP contribution in [0.15, 0.2) is 47.2 Å². The molecule has 110 valence electrons. The summed E-state index contributed by atoms with van der Waals surface area (Å²) in [5.74, 6) is -0.320. The van der Waals surface area contributed by atoms with Gasteiger partial charge in [0.2, 0.25) is 0 Å². The Morgan fingerprint density at radius 2 is 2.19 bits per heavy atom. The number of halogens is 1. The Morgan fingerprint density at radius 3 is 2.86 bits per heavy atom. The third kappa shape index (κ3) is 4.29. The van der Waals surface area contributed by atoms with Crippen molar-refractivity contribution in [2.24, 2.45) is 0 Å². The minimum Gasteiger partial charge on any atom is -0.464 e. The van der Waals surface area contributed by atoms with Crippen molar-refractivity contribution in [1.82, 2.24) is 4.98 Å². The third-order valence-corrected chi connectivity index (χ3v) is 3.34. The molecule has 0 spiro atoms. The number of carbonyl (C=O) groups excluding carboxylic acids is 1. The maximum atomic E-state index is 12.2. The minimum absolute atomic E-state index is 0.320. The number of esters is 1. The van der Waals surface area contributed by atoms with E-state index in [9.17, 15) is 4.79 Å². The van der Waals surface area contributed by atoms with Crippen molar-refractivity contribution in [2.75, 3.05) is 11.9 Å². The maximum absolute atomic E-state index is 12.2. The van der Waals surface area contributed by atoms with E-state index >= 15 is 0 Å². The summed E-state index contributed by atoms with van der Waals surface area (Å²) in [5, 5.41) is 3.21. The van der Waals surface area contributed by atoms with Crippen LogP contribution in [0.3, 0.4) is 0 Å². The third-order valence-electron chi connectivity index (χ3n) is 2.91. The number of anilines is 1. The van der Waals surface area contributed by atoms with E-state index in [0.717, 1.165) is 21.3 Å². The van der Waals surface area contributed by atoms with Gasteiger partial charge in [-0.1, -0.05) is 12.1 Å². The van der Waals surface area contributed by atoms with E-state index in [0.29, 0.717) is 6.61 Å². The lowest BCUT2D eigenvalue weighted by atomic mass is 10.1. The second-order valence-electron chi connectivity index (χ2n) is 4.64. The maximum Gasteiger partial charge on any atom is 0.333 e. The molecule has 0 radical (unpaired) electrons. The largest absolute Gasteiger partial charge is 0.464 e. The number of carbonyl (C=O) groups is 1. The van der Waals surface area contributed by atoms with Crippen molar-refractivity contribution in [2.45, 2.75) is 19.9 Å². The first-order chi connectivity index (χ1) is 10.1. The van der Waals surface area contributed by atoms with Crippen molar-refractivity contribution in [3.8, 4) is 0 Å². The van der Waals surface area contributed by atoms with E-state index in [4.69, 9.17) is 4.74 Å². The lowest BCUT2D eigenvalue weighted by Gasteiger charge is -2.19. The van der Waals surface area contributed by atoms with Crippen LogP contribution in [0, 0.1) is 6.92 Å². The molecule has 1 atom stereocenters. The Balaban J connectivity index is 2.30. The summed E-state index contributed by atoms with van der Waals surface area (Å²) in [5.41, 5.74) is 2.74. The highest BCUT2D eigenvalue weighted by Crippen LogP contribution is 2.23. The van der Waals surface area contributed by atoms with Crippen molar-refractivity contribution in [3.05, 3.63) is 58.3 Å². The van der Waals surface area contributed by atoms with Crippen LogP contribution in [0.5, 0.6) is 0 Å². The van der Waals surface area contributed by atoms with Crippen LogP contribution in [-0.4, -0.2) is 17.6 Å². The molecule has 5 heteroatoms. The molecule has 0 amide bonds. The Hall–Kier alpha value is -1.88. The van der Waals surface area contributed by atoms with E-state index in [1.807, 2.05) is 37.3 Å². The van der Waals surface area contributed by atoms with Crippen LogP contribution in [-0.2, 0) is 9.53 Å². The van der Waals surface area contributed by atoms with Gasteiger partial charge in [-0.25, -0.2) is 4.79 Å². The second kappa shape index (κ2) is 7.22. The van der Waals surface area contributed by atoms with Gasteiger partial charge in [0.25, 0.3) is 0 Å². The van der Waals surface area contributed by atoms with Gasteiger partial charge in [0.1, 0.15) is 0 Å². The number of benzene rings is 1. The standard InChI is InChI=1S/C16H17BrN2O2/c1-3-21-16(20)15(12-8-13(17)10-18-9-12)19-14-6-4-5-11(2)7-14/h4-10,15,19H,3H2,1-2H3. The lowest BCUT2D eigenvalue weighted by molar-refractivity contribution is -0.144. The summed E-state index contributed by atoms with van der Waals surface area (Å²) in [7, 11) is 0. The van der Waals surface area contributed by atoms with Crippen LogP contribution in [0.25, 0.3) is 0 Å². The predicted octanol–water partition coefficient (Wildman–Crippen LogP) is 3.87. The molecule has 0 bridgehead atoms. The molecule has 2 rings (SSSR count). The van der Waals surface area contributed by atoms with E-state index in [1.54, 1.807) is 19.3 Å². The summed E-state index contributed by atoms with van der Waals surface area (Å²) in [6.45, 7) is 4.14. The molecular formula is C16H17BrN2O2. The van der Waals surface area contributed by atoms with Gasteiger partial charge >= 0.3 is 5.97 Å². The first-order valence-electron chi connectivity index (χ1n) is 6.70. The van der Waals surface area contributed by atoms with Gasteiger partial charge in [0.05, 0.1) is 6.61 Å². The summed E-state index contributed by atoms with van der Waals surface area (Å²) >= 11 is 3.37. The van der Waals surface area contributed by atoms with Gasteiger partial charge in [-0.3, -0.25) is 4.98 Å². The van der Waals surface area contributed by atoms with E-state index < -0.39 is 6.04 Å². The van der Waals surface area contributed by atoms with Gasteiger partial charge in [-0.15, -0.1) is 0 Å². The molecule has 0 saturated heterocycles. The number of nitrogens with zero attached hydrogens (tertiary/aromatic N) is 1. The summed E-state index contributed by atoms with van der Waals surface area (Å²) < 4.78 is 5.98. The molecule has 4 nitrogen and oxygen atoms in total. The van der Waals surface area contributed by atoms with Crippen molar-refractivity contribution in [1.29, 1.82) is 0 Å². The average Bonchev–Trinajstić information content (AvgIpc) is 2.45. The first-order valence-corrected chi connectivity index (χ1v) is 7.49. The quantitative estimate of drug-likeness (QED) is 0.833. The van der Waals surface area contributed by atoms with E-state index in [1.165, 1.54) is 0 Å². The number of nitrogens with one attached hydrogen (secondary N) is 1. The fourth-order valence-electron chi connectivity index (χ4n) is 1.99. The number of ether oxygens (including phenoxy) is 1. The molecule has 1 N–H and O–H groups in total. The molecule has 0 fully saturated rings. The fraction of sp³-hybridized carbons (Fsp3) is 0.250. The molecule has 1 heterocycles. The normalized spacial score (nSPS) is 11.8. The first kappa shape index (κ1) is 15.5. The molecule has 1 aromatic heterocycles. The van der Waals surface area contributed by atoms with Crippen LogP contribution in [0.1, 0.15) is 24.1 Å². The molecule has 0 aliphatic rings. The number of aryl methyl sites for hydroxylation is 1. The molecule has 2 aromatic rings. The molecular weight excluding hydrogens is 332 g/mol. The Bertz CT molecular complexity index is 631. The molecule has 1 unspecified atom stereocenters. The monoisotopic (exact) mass is 348 g/mol. The van der Waals surface area contributed by atoms with Crippen molar-refractivity contribution < 1.29 is 9.53 Å². The van der Waals surface area contributed by atoms with Gasteiger partial charge in [-0.05, 0) is 53.5 Å². The zero-order valence-electron chi connectivity index (χ0n) is 12.0. The molecule has 21 heavy (non-hydrogen) atoms. The zero-order valence-corrected chi connectivity index (χ0v) is 13.6. The minimum atomic E-state index is -0.586. The fourth-order valence-corrected chi connectivity index (χ4v) is 2.37. The SMILES string of the molecule is CCOC(=O)C(Nc1cccc(C)c1)c1cncc(Br)c1. The van der Waals surface area contributed by atoms with Crippen LogP contribution in [0.2, 0.25) is 0 Å². The Kier molecular flexibility index (Phi) is 5.33. The van der Waals surface area contributed by atoms with Crippen LogP contribution < -0.4 is 5.32 Å². The van der Waals surface area contributed by atoms with Crippen LogP contribution >= 0.6 is 15.9 Å². The molecule has 0 aliphatic heterocycles. The smallest absolute Gasteiger partial charge is 0.333 e. The highest BCUT2D eigenvalue weighted by atomic mass is 79.9. The number of hydrogen-bond donors (Lipinski definition) is 1. The van der Waals surface area contributed by atoms with Crippen molar-refractivity contribution >= 4 is 27.6 Å². The van der Waals surface area contributed by atoms with Gasteiger partial charge in [-0.2, -0.15) is 0 Å². The predicted molar refractivity (Wildman–Crippen MR) is 86.1 cm³/mol. The second-order valence-corrected chi connectivity index (χ2v) is 5.55. The summed E-state index contributed by atoms with van der Waals surface area (Å²) in [6.07, 6.45) is 3.34. The summed E-state index contributed by atoms with van der Waals surface area (Å²) in [4.78, 5) is 16.3. The highest BCUT2D eigenvalue weighted by Gasteiger charge is 2.22. The van der Waals surface area contributed by atoms with Gasteiger partial charge < -0.3 is 10.1 Å². The lowest BCUT2D eigenvalue weighted by Crippen LogP contribution is -2.23. The number of rotatable bonds is 5. The zero-order chi connectivity index (χ0) is 15.2.